The van der Waals surface area contributed by atoms with Gasteiger partial charge in [0, 0.05) is 30.0 Å². The number of benzene rings is 1. The maximum atomic E-state index is 12.9. The van der Waals surface area contributed by atoms with E-state index in [2.05, 4.69) is 6.92 Å². The van der Waals surface area contributed by atoms with Gasteiger partial charge in [-0.3, -0.25) is 0 Å². The molecule has 0 bridgehead atoms. The smallest absolute Gasteiger partial charge is 0.246 e. The van der Waals surface area contributed by atoms with Crippen LogP contribution in [0.5, 0.6) is 5.75 Å². The highest BCUT2D eigenvalue weighted by atomic mass is 35.5. The Bertz CT molecular complexity index is 592. The molecule has 1 aromatic rings. The summed E-state index contributed by atoms with van der Waals surface area (Å²) in [6.45, 7) is 3.18. The molecule has 0 saturated carbocycles. The zero-order chi connectivity index (χ0) is 15.5. The molecule has 1 atom stereocenters. The highest BCUT2D eigenvalue weighted by molar-refractivity contribution is 8.00. The third-order valence-corrected chi connectivity index (χ3v) is 7.12. The second kappa shape index (κ2) is 7.22. The highest BCUT2D eigenvalue weighted by Gasteiger charge is 2.32. The zero-order valence-electron chi connectivity index (χ0n) is 12.2. The van der Waals surface area contributed by atoms with Crippen LogP contribution >= 0.6 is 23.4 Å². The minimum absolute atomic E-state index is 0.213. The first kappa shape index (κ1) is 16.9. The Hall–Kier alpha value is -0.430. The third kappa shape index (κ3) is 3.67. The molecule has 7 heteroatoms. The topological polar surface area (TPSA) is 46.6 Å². The zero-order valence-corrected chi connectivity index (χ0v) is 14.6. The van der Waals surface area contributed by atoms with Gasteiger partial charge in [0.05, 0.1) is 7.11 Å². The number of nitrogens with zero attached hydrogens (tertiary/aromatic N) is 1. The molecule has 4 nitrogen and oxygen atoms in total. The van der Waals surface area contributed by atoms with Crippen LogP contribution in [0.2, 0.25) is 0 Å². The molecule has 1 aliphatic heterocycles. The van der Waals surface area contributed by atoms with Gasteiger partial charge in [-0.2, -0.15) is 16.1 Å². The molecule has 1 aromatic carbocycles. The van der Waals surface area contributed by atoms with Gasteiger partial charge in [0.1, 0.15) is 10.6 Å². The summed E-state index contributed by atoms with van der Waals surface area (Å²) in [7, 11) is -2.06. The maximum Gasteiger partial charge on any atom is 0.246 e. The molecule has 0 spiro atoms. The van der Waals surface area contributed by atoms with Gasteiger partial charge in [-0.1, -0.05) is 13.0 Å². The molecule has 0 N–H and O–H groups in total. The van der Waals surface area contributed by atoms with Crippen LogP contribution in [0.4, 0.5) is 0 Å². The van der Waals surface area contributed by atoms with E-state index in [0.717, 1.165) is 17.7 Å². The van der Waals surface area contributed by atoms with Crippen LogP contribution in [-0.4, -0.2) is 43.9 Å². The van der Waals surface area contributed by atoms with Gasteiger partial charge in [0.2, 0.25) is 10.0 Å². The number of alkyl halides is 1. The van der Waals surface area contributed by atoms with Crippen LogP contribution in [-0.2, 0) is 15.9 Å². The summed E-state index contributed by atoms with van der Waals surface area (Å²) in [4.78, 5) is 0.213. The van der Waals surface area contributed by atoms with Crippen molar-refractivity contribution in [2.75, 3.05) is 26.0 Å². The molecule has 1 fully saturated rings. The molecule has 21 heavy (non-hydrogen) atoms. The minimum atomic E-state index is -3.54. The van der Waals surface area contributed by atoms with Crippen molar-refractivity contribution in [2.45, 2.75) is 29.4 Å². The molecule has 118 valence electrons. The van der Waals surface area contributed by atoms with Gasteiger partial charge >= 0.3 is 0 Å². The SMILES string of the molecule is CCC1CN(S(=O)(=O)c2cc(CCl)ccc2OC)CCS1. The lowest BCUT2D eigenvalue weighted by atomic mass is 10.2. The lowest BCUT2D eigenvalue weighted by molar-refractivity contribution is 0.389. The van der Waals surface area contributed by atoms with Crippen LogP contribution in [0.25, 0.3) is 0 Å². The van der Waals surface area contributed by atoms with E-state index in [-0.39, 0.29) is 10.8 Å². The average molecular weight is 350 g/mol. The predicted molar refractivity (Wildman–Crippen MR) is 87.8 cm³/mol. The summed E-state index contributed by atoms with van der Waals surface area (Å²) >= 11 is 7.66. The van der Waals surface area contributed by atoms with Gasteiger partial charge in [0.15, 0.2) is 0 Å². The van der Waals surface area contributed by atoms with Crippen molar-refractivity contribution >= 4 is 33.4 Å². The van der Waals surface area contributed by atoms with E-state index in [1.54, 1.807) is 22.5 Å². The monoisotopic (exact) mass is 349 g/mol. The van der Waals surface area contributed by atoms with E-state index >= 15 is 0 Å². The molecule has 1 aliphatic rings. The maximum absolute atomic E-state index is 12.9. The van der Waals surface area contributed by atoms with Crippen molar-refractivity contribution in [3.8, 4) is 5.75 Å². The summed E-state index contributed by atoms with van der Waals surface area (Å²) < 4.78 is 32.6. The van der Waals surface area contributed by atoms with Crippen molar-refractivity contribution in [2.24, 2.45) is 0 Å². The van der Waals surface area contributed by atoms with Gasteiger partial charge in [-0.25, -0.2) is 8.42 Å². The Labute approximate surface area is 135 Å². The number of sulfonamides is 1. The summed E-state index contributed by atoms with van der Waals surface area (Å²) in [6.07, 6.45) is 0.968. The number of halogens is 1. The van der Waals surface area contributed by atoms with Gasteiger partial charge in [-0.15, -0.1) is 11.6 Å². The summed E-state index contributed by atoms with van der Waals surface area (Å²) in [5.74, 6) is 1.48. The van der Waals surface area contributed by atoms with Crippen molar-refractivity contribution in [3.63, 3.8) is 0 Å². The number of methoxy groups -OCH3 is 1. The van der Waals surface area contributed by atoms with E-state index in [1.807, 2.05) is 11.8 Å². The van der Waals surface area contributed by atoms with E-state index in [4.69, 9.17) is 16.3 Å². The Balaban J connectivity index is 2.38. The molecule has 1 saturated heterocycles. The second-order valence-corrected chi connectivity index (χ2v) is 8.46. The van der Waals surface area contributed by atoms with Gasteiger partial charge in [0.25, 0.3) is 0 Å². The highest BCUT2D eigenvalue weighted by Crippen LogP contribution is 2.31. The second-order valence-electron chi connectivity index (χ2n) is 4.88. The van der Waals surface area contributed by atoms with Crippen LogP contribution < -0.4 is 4.74 Å². The van der Waals surface area contributed by atoms with E-state index in [0.29, 0.717) is 24.1 Å². The molecule has 0 aromatic heterocycles. The molecule has 2 rings (SSSR count). The van der Waals surface area contributed by atoms with E-state index in [9.17, 15) is 8.42 Å². The molecule has 0 aliphatic carbocycles. The van der Waals surface area contributed by atoms with Crippen LogP contribution in [0.3, 0.4) is 0 Å². The summed E-state index contributed by atoms with van der Waals surface area (Å²) in [6, 6.07) is 5.07. The fourth-order valence-electron chi connectivity index (χ4n) is 2.30. The van der Waals surface area contributed by atoms with Crippen LogP contribution in [0.1, 0.15) is 18.9 Å². The minimum Gasteiger partial charge on any atom is -0.495 e. The lowest BCUT2D eigenvalue weighted by Crippen LogP contribution is -2.41. The number of hydrogen-bond donors (Lipinski definition) is 0. The Morgan fingerprint density at radius 1 is 1.48 bits per heavy atom. The third-order valence-electron chi connectivity index (χ3n) is 3.56. The fraction of sp³-hybridized carbons (Fsp3) is 0.571. The fourth-order valence-corrected chi connectivity index (χ4v) is 5.55. The number of thioether (sulfide) groups is 1. The van der Waals surface area contributed by atoms with Crippen LogP contribution in [0.15, 0.2) is 23.1 Å². The van der Waals surface area contributed by atoms with Crippen molar-refractivity contribution < 1.29 is 13.2 Å². The Morgan fingerprint density at radius 2 is 2.24 bits per heavy atom. The van der Waals surface area contributed by atoms with Gasteiger partial charge < -0.3 is 4.74 Å². The molecule has 1 unspecified atom stereocenters. The number of ether oxygens (including phenoxy) is 1. The lowest BCUT2D eigenvalue weighted by Gasteiger charge is -2.31. The number of hydrogen-bond acceptors (Lipinski definition) is 4. The van der Waals surface area contributed by atoms with E-state index in [1.165, 1.54) is 7.11 Å². The molecule has 0 amide bonds. The Kier molecular flexibility index (Phi) is 5.82. The largest absolute Gasteiger partial charge is 0.495 e. The molecular weight excluding hydrogens is 330 g/mol. The quantitative estimate of drug-likeness (QED) is 0.767. The first-order valence-corrected chi connectivity index (χ1v) is 9.90. The van der Waals surface area contributed by atoms with Crippen molar-refractivity contribution in [3.05, 3.63) is 23.8 Å². The first-order valence-electron chi connectivity index (χ1n) is 6.87. The summed E-state index contributed by atoms with van der Waals surface area (Å²) in [5.41, 5.74) is 0.773. The first-order chi connectivity index (χ1) is 10.0. The molecular formula is C14H20ClNO3S2. The standard InChI is InChI=1S/C14H20ClNO3S2/c1-3-12-10-16(6-7-20-12)21(17,18)14-8-11(9-15)4-5-13(14)19-2/h4-5,8,12H,3,6-7,9-10H2,1-2H3. The van der Waals surface area contributed by atoms with Crippen LogP contribution in [0, 0.1) is 0 Å². The average Bonchev–Trinajstić information content (AvgIpc) is 2.54. The summed E-state index contributed by atoms with van der Waals surface area (Å²) in [5, 5.41) is 0.357. The molecule has 1 heterocycles. The normalized spacial score (nSPS) is 20.4. The van der Waals surface area contributed by atoms with E-state index < -0.39 is 10.0 Å². The molecule has 0 radical (unpaired) electrons. The van der Waals surface area contributed by atoms with Crippen molar-refractivity contribution in [1.29, 1.82) is 0 Å². The predicted octanol–water partition coefficient (Wildman–Crippen LogP) is 2.95. The van der Waals surface area contributed by atoms with Gasteiger partial charge in [-0.05, 0) is 24.1 Å². The number of rotatable bonds is 5. The van der Waals surface area contributed by atoms with Crippen molar-refractivity contribution in [1.82, 2.24) is 4.31 Å². The Morgan fingerprint density at radius 3 is 2.86 bits per heavy atom.